The Hall–Kier alpha value is -4.24. The molecule has 0 bridgehead atoms. The van der Waals surface area contributed by atoms with E-state index in [2.05, 4.69) is 0 Å². The third kappa shape index (κ3) is 4.92. The summed E-state index contributed by atoms with van der Waals surface area (Å²) in [7, 11) is -4.23. The number of ether oxygens (including phenoxy) is 1. The number of carbonyl (C=O) groups excluding carboxylic acids is 1. The molecule has 0 aliphatic carbocycles. The van der Waals surface area contributed by atoms with Gasteiger partial charge in [-0.05, 0) is 60.9 Å². The molecule has 1 heterocycles. The van der Waals surface area contributed by atoms with Crippen LogP contribution in [0.1, 0.15) is 30.3 Å². The van der Waals surface area contributed by atoms with Crippen molar-refractivity contribution in [1.29, 1.82) is 0 Å². The number of anilines is 1. The van der Waals surface area contributed by atoms with Crippen LogP contribution in [0.3, 0.4) is 0 Å². The van der Waals surface area contributed by atoms with Gasteiger partial charge in [-0.25, -0.2) is 8.42 Å². The Labute approximate surface area is 209 Å². The second-order valence-corrected chi connectivity index (χ2v) is 10.1. The number of nitro groups is 1. The molecule has 0 spiro atoms. The Morgan fingerprint density at radius 3 is 2.39 bits per heavy atom. The summed E-state index contributed by atoms with van der Waals surface area (Å²) in [6.45, 7) is 4.00. The monoisotopic (exact) mass is 504 g/mol. The third-order valence-electron chi connectivity index (χ3n) is 5.61. The first-order valence-electron chi connectivity index (χ1n) is 11.2. The van der Waals surface area contributed by atoms with Crippen molar-refractivity contribution in [2.75, 3.05) is 11.5 Å². The standard InChI is InChI=1S/C27H24N2O6S/c1-3-35-24-14-12-22(13-15-24)28-26(30)25(17-19(2)16-20-8-5-4-6-9-20)36(33,34)27(28)21-10-7-11-23(18-21)29(31)32/h4-18,27H,3H2,1-2H3/b19-16+,25-17+/t27-/m0/s1. The third-order valence-corrected chi connectivity index (χ3v) is 7.59. The molecule has 0 N–H and O–H groups in total. The van der Waals surface area contributed by atoms with Crippen molar-refractivity contribution in [3.05, 3.63) is 117 Å². The summed E-state index contributed by atoms with van der Waals surface area (Å²) in [5.41, 5.74) is 1.61. The van der Waals surface area contributed by atoms with Gasteiger partial charge >= 0.3 is 0 Å². The van der Waals surface area contributed by atoms with Gasteiger partial charge in [0.25, 0.3) is 11.6 Å². The molecule has 0 radical (unpaired) electrons. The van der Waals surface area contributed by atoms with Crippen LogP contribution in [-0.4, -0.2) is 25.9 Å². The van der Waals surface area contributed by atoms with Crippen molar-refractivity contribution in [3.63, 3.8) is 0 Å². The van der Waals surface area contributed by atoms with Crippen LogP contribution >= 0.6 is 0 Å². The highest BCUT2D eigenvalue weighted by molar-refractivity contribution is 7.97. The van der Waals surface area contributed by atoms with Gasteiger partial charge in [0.05, 0.1) is 11.5 Å². The van der Waals surface area contributed by atoms with Gasteiger partial charge in [-0.15, -0.1) is 0 Å². The first-order valence-corrected chi connectivity index (χ1v) is 12.8. The molecule has 36 heavy (non-hydrogen) atoms. The van der Waals surface area contributed by atoms with E-state index >= 15 is 0 Å². The van der Waals surface area contributed by atoms with Crippen LogP contribution in [0, 0.1) is 10.1 Å². The average Bonchev–Trinajstić information content (AvgIpc) is 3.05. The second-order valence-electron chi connectivity index (χ2n) is 8.16. The summed E-state index contributed by atoms with van der Waals surface area (Å²) in [6.07, 6.45) is 3.13. The number of rotatable bonds is 7. The predicted molar refractivity (Wildman–Crippen MR) is 138 cm³/mol. The number of nitro benzene ring substituents is 1. The summed E-state index contributed by atoms with van der Waals surface area (Å²) in [6, 6.07) is 21.1. The van der Waals surface area contributed by atoms with E-state index in [1.807, 2.05) is 37.3 Å². The number of hydrogen-bond donors (Lipinski definition) is 0. The lowest BCUT2D eigenvalue weighted by Crippen LogP contribution is -2.29. The highest BCUT2D eigenvalue weighted by atomic mass is 32.2. The van der Waals surface area contributed by atoms with Gasteiger partial charge < -0.3 is 4.74 Å². The summed E-state index contributed by atoms with van der Waals surface area (Å²) >= 11 is 0. The number of sulfone groups is 1. The van der Waals surface area contributed by atoms with E-state index in [1.165, 1.54) is 30.3 Å². The van der Waals surface area contributed by atoms with E-state index in [-0.39, 0.29) is 16.2 Å². The zero-order chi connectivity index (χ0) is 25.9. The smallest absolute Gasteiger partial charge is 0.271 e. The molecule has 0 aromatic heterocycles. The van der Waals surface area contributed by atoms with Crippen molar-refractivity contribution < 1.29 is 22.9 Å². The Morgan fingerprint density at radius 1 is 1.06 bits per heavy atom. The number of hydrogen-bond acceptors (Lipinski definition) is 6. The summed E-state index contributed by atoms with van der Waals surface area (Å²) < 4.78 is 33.0. The molecule has 3 aromatic rings. The molecule has 3 aromatic carbocycles. The highest BCUT2D eigenvalue weighted by Gasteiger charge is 2.50. The zero-order valence-corrected chi connectivity index (χ0v) is 20.5. The SMILES string of the molecule is CCOc1ccc(N2C(=O)/C(=C\C(C)=C\c3ccccc3)S(=O)(=O)[C@H]2c2cccc([N+](=O)[O-])c2)cc1. The van der Waals surface area contributed by atoms with Gasteiger partial charge in [0.2, 0.25) is 9.84 Å². The molecule has 1 saturated heterocycles. The van der Waals surface area contributed by atoms with Gasteiger partial charge in [0.15, 0.2) is 5.37 Å². The fourth-order valence-corrected chi connectivity index (χ4v) is 5.99. The van der Waals surface area contributed by atoms with Crippen LogP contribution < -0.4 is 9.64 Å². The fourth-order valence-electron chi connectivity index (χ4n) is 4.05. The Kier molecular flexibility index (Phi) is 7.03. The molecule has 1 aliphatic heterocycles. The van der Waals surface area contributed by atoms with Crippen LogP contribution in [0.5, 0.6) is 5.75 Å². The minimum absolute atomic E-state index is 0.125. The van der Waals surface area contributed by atoms with Crippen molar-refractivity contribution in [2.24, 2.45) is 0 Å². The largest absolute Gasteiger partial charge is 0.494 e. The molecule has 184 valence electrons. The number of carbonyl (C=O) groups is 1. The van der Waals surface area contributed by atoms with Crippen molar-refractivity contribution in [2.45, 2.75) is 19.2 Å². The van der Waals surface area contributed by atoms with Crippen LogP contribution in [0.2, 0.25) is 0 Å². The molecule has 0 unspecified atom stereocenters. The van der Waals surface area contributed by atoms with Crippen LogP contribution in [-0.2, 0) is 14.6 Å². The normalized spacial score (nSPS) is 18.4. The van der Waals surface area contributed by atoms with E-state index < -0.39 is 26.0 Å². The number of allylic oxidation sites excluding steroid dienone is 2. The Bertz CT molecular complexity index is 1460. The maximum atomic E-state index is 13.8. The lowest BCUT2D eigenvalue weighted by atomic mass is 10.1. The van der Waals surface area contributed by atoms with Crippen LogP contribution in [0.25, 0.3) is 6.08 Å². The second kappa shape index (κ2) is 10.2. The molecule has 1 fully saturated rings. The number of amides is 1. The fraction of sp³-hybridized carbons (Fsp3) is 0.148. The molecular formula is C27H24N2O6S. The molecule has 1 atom stereocenters. The van der Waals surface area contributed by atoms with Crippen LogP contribution in [0.15, 0.2) is 95.4 Å². The van der Waals surface area contributed by atoms with E-state index in [0.29, 0.717) is 23.6 Å². The number of nitrogens with zero attached hydrogens (tertiary/aromatic N) is 2. The lowest BCUT2D eigenvalue weighted by molar-refractivity contribution is -0.384. The van der Waals surface area contributed by atoms with E-state index in [9.17, 15) is 23.3 Å². The Balaban J connectivity index is 1.86. The highest BCUT2D eigenvalue weighted by Crippen LogP contribution is 2.44. The maximum Gasteiger partial charge on any atom is 0.271 e. The minimum Gasteiger partial charge on any atom is -0.494 e. The Morgan fingerprint density at radius 2 is 1.75 bits per heavy atom. The molecule has 0 saturated carbocycles. The molecule has 1 aliphatic rings. The lowest BCUT2D eigenvalue weighted by Gasteiger charge is -2.23. The summed E-state index contributed by atoms with van der Waals surface area (Å²) in [4.78, 5) is 25.2. The van der Waals surface area contributed by atoms with Gasteiger partial charge in [-0.2, -0.15) is 0 Å². The van der Waals surface area contributed by atoms with Crippen molar-refractivity contribution in [1.82, 2.24) is 0 Å². The molecule has 1 amide bonds. The predicted octanol–water partition coefficient (Wildman–Crippen LogP) is 5.44. The number of benzene rings is 3. The molecular weight excluding hydrogens is 480 g/mol. The van der Waals surface area contributed by atoms with E-state index in [1.54, 1.807) is 37.3 Å². The zero-order valence-electron chi connectivity index (χ0n) is 19.7. The summed E-state index contributed by atoms with van der Waals surface area (Å²) in [5.74, 6) is -0.142. The van der Waals surface area contributed by atoms with Gasteiger partial charge in [-0.1, -0.05) is 48.5 Å². The van der Waals surface area contributed by atoms with Crippen molar-refractivity contribution in [3.8, 4) is 5.75 Å². The topological polar surface area (TPSA) is 107 Å². The van der Waals surface area contributed by atoms with Crippen molar-refractivity contribution >= 4 is 33.2 Å². The average molecular weight is 505 g/mol. The van der Waals surface area contributed by atoms with Crippen LogP contribution in [0.4, 0.5) is 11.4 Å². The van der Waals surface area contributed by atoms with Gasteiger partial charge in [-0.3, -0.25) is 19.8 Å². The quantitative estimate of drug-likeness (QED) is 0.241. The van der Waals surface area contributed by atoms with Gasteiger partial charge in [0, 0.05) is 17.8 Å². The van der Waals surface area contributed by atoms with Gasteiger partial charge in [0.1, 0.15) is 10.7 Å². The first kappa shape index (κ1) is 24.9. The maximum absolute atomic E-state index is 13.8. The molecule has 8 nitrogen and oxygen atoms in total. The molecule has 4 rings (SSSR count). The number of non-ortho nitro benzene ring substituents is 1. The summed E-state index contributed by atoms with van der Waals surface area (Å²) in [5, 5.41) is 9.91. The van der Waals surface area contributed by atoms with E-state index in [4.69, 9.17) is 4.74 Å². The minimum atomic E-state index is -4.23. The molecule has 9 heteroatoms. The van der Waals surface area contributed by atoms with E-state index in [0.717, 1.165) is 10.5 Å². The first-order chi connectivity index (χ1) is 17.2.